The Labute approximate surface area is 220 Å². The van der Waals surface area contributed by atoms with Crippen LogP contribution >= 0.6 is 15.9 Å². The third kappa shape index (κ3) is 5.80. The zero-order chi connectivity index (χ0) is 25.9. The molecule has 1 amide bonds. The molecule has 11 heteroatoms. The van der Waals surface area contributed by atoms with Gasteiger partial charge in [0.25, 0.3) is 10.0 Å². The Morgan fingerprint density at radius 3 is 2.14 bits per heavy atom. The number of hydrogen-bond donors (Lipinski definition) is 1. The minimum atomic E-state index is -4.04. The number of carbonyl (C=O) groups excluding carboxylic acids is 1. The fraction of sp³-hybridized carbons (Fsp3) is 0.240. The fourth-order valence-corrected chi connectivity index (χ4v) is 7.22. The van der Waals surface area contributed by atoms with Crippen LogP contribution in [-0.2, 0) is 24.8 Å². The van der Waals surface area contributed by atoms with Gasteiger partial charge in [0.05, 0.1) is 15.5 Å². The zero-order valence-corrected chi connectivity index (χ0v) is 22.8. The number of nitrogens with zero attached hydrogens (tertiary/aromatic N) is 2. The van der Waals surface area contributed by atoms with Crippen molar-refractivity contribution in [2.45, 2.75) is 29.6 Å². The number of sulfonamides is 2. The van der Waals surface area contributed by atoms with E-state index in [4.69, 9.17) is 0 Å². The van der Waals surface area contributed by atoms with Gasteiger partial charge in [0, 0.05) is 23.2 Å². The van der Waals surface area contributed by atoms with E-state index in [1.165, 1.54) is 40.7 Å². The molecule has 0 aliphatic carbocycles. The second kappa shape index (κ2) is 10.7. The first kappa shape index (κ1) is 26.3. The third-order valence-corrected chi connectivity index (χ3v) is 10.0. The van der Waals surface area contributed by atoms with Crippen LogP contribution in [0.15, 0.2) is 87.1 Å². The third-order valence-electron chi connectivity index (χ3n) is 5.83. The van der Waals surface area contributed by atoms with Gasteiger partial charge in [0.2, 0.25) is 15.9 Å². The first-order chi connectivity index (χ1) is 17.1. The van der Waals surface area contributed by atoms with Crippen LogP contribution < -0.4 is 9.62 Å². The van der Waals surface area contributed by atoms with Crippen LogP contribution in [0.5, 0.6) is 0 Å². The summed E-state index contributed by atoms with van der Waals surface area (Å²) in [5, 5.41) is 2.67. The molecular formula is C25H26BrN3O5S2. The molecule has 0 spiro atoms. The summed E-state index contributed by atoms with van der Waals surface area (Å²) in [5.74, 6) is -0.569. The van der Waals surface area contributed by atoms with Gasteiger partial charge in [-0.05, 0) is 74.4 Å². The average molecular weight is 593 g/mol. The van der Waals surface area contributed by atoms with Crippen molar-refractivity contribution in [2.24, 2.45) is 0 Å². The van der Waals surface area contributed by atoms with Gasteiger partial charge in [-0.1, -0.05) is 39.7 Å². The molecule has 190 valence electrons. The minimum Gasteiger partial charge on any atom is -0.325 e. The van der Waals surface area contributed by atoms with Crippen LogP contribution in [-0.4, -0.2) is 46.7 Å². The lowest BCUT2D eigenvalue weighted by molar-refractivity contribution is -0.114. The van der Waals surface area contributed by atoms with E-state index in [0.29, 0.717) is 28.9 Å². The molecule has 0 bridgehead atoms. The highest BCUT2D eigenvalue weighted by Gasteiger charge is 2.29. The number of halogens is 1. The summed E-state index contributed by atoms with van der Waals surface area (Å²) in [5.41, 5.74) is 1.60. The quantitative estimate of drug-likeness (QED) is 0.419. The molecule has 8 nitrogen and oxygen atoms in total. The standard InChI is InChI=1S/C25H26BrN3O5S2/c1-19-7-11-24(12-8-19)36(33,34)29(22-6-4-5-20(26)17-22)18-25(30)27-21-9-13-23(14-10-21)35(31,32)28-15-2-3-16-28/h4-14,17H,2-3,15-16,18H2,1H3,(H,27,30). The first-order valence-corrected chi connectivity index (χ1v) is 15.0. The van der Waals surface area contributed by atoms with Gasteiger partial charge in [-0.2, -0.15) is 4.31 Å². The van der Waals surface area contributed by atoms with E-state index >= 15 is 0 Å². The molecule has 0 aromatic heterocycles. The van der Waals surface area contributed by atoms with Crippen LogP contribution in [0, 0.1) is 6.92 Å². The van der Waals surface area contributed by atoms with E-state index in [1.54, 1.807) is 36.4 Å². The number of aryl methyl sites for hydroxylation is 1. The Balaban J connectivity index is 1.55. The molecule has 3 aromatic carbocycles. The summed E-state index contributed by atoms with van der Waals surface area (Å²) in [6, 6.07) is 19.0. The highest BCUT2D eigenvalue weighted by atomic mass is 79.9. The molecule has 0 saturated carbocycles. The second-order valence-corrected chi connectivity index (χ2v) is 13.2. The van der Waals surface area contributed by atoms with Gasteiger partial charge in [0.15, 0.2) is 0 Å². The molecule has 1 fully saturated rings. The molecule has 1 aliphatic heterocycles. The lowest BCUT2D eigenvalue weighted by atomic mass is 10.2. The number of nitrogens with one attached hydrogen (secondary N) is 1. The molecule has 36 heavy (non-hydrogen) atoms. The summed E-state index contributed by atoms with van der Waals surface area (Å²) in [6.45, 7) is 2.39. The second-order valence-electron chi connectivity index (χ2n) is 8.49. The van der Waals surface area contributed by atoms with Crippen molar-refractivity contribution in [3.05, 3.63) is 82.8 Å². The minimum absolute atomic E-state index is 0.0670. The Hall–Kier alpha value is -2.73. The van der Waals surface area contributed by atoms with Crippen LogP contribution in [0.2, 0.25) is 0 Å². The van der Waals surface area contributed by atoms with Crippen molar-refractivity contribution in [3.63, 3.8) is 0 Å². The summed E-state index contributed by atoms with van der Waals surface area (Å²) in [4.78, 5) is 13.2. The molecule has 0 radical (unpaired) electrons. The van der Waals surface area contributed by atoms with Gasteiger partial charge in [-0.15, -0.1) is 0 Å². The predicted molar refractivity (Wildman–Crippen MR) is 143 cm³/mol. The Morgan fingerprint density at radius 2 is 1.53 bits per heavy atom. The van der Waals surface area contributed by atoms with Gasteiger partial charge in [0.1, 0.15) is 6.54 Å². The van der Waals surface area contributed by atoms with Crippen molar-refractivity contribution >= 4 is 53.3 Å². The first-order valence-electron chi connectivity index (χ1n) is 11.3. The van der Waals surface area contributed by atoms with E-state index < -0.39 is 32.5 Å². The number of hydrogen-bond acceptors (Lipinski definition) is 5. The summed E-state index contributed by atoms with van der Waals surface area (Å²) < 4.78 is 55.6. The number of anilines is 2. The summed E-state index contributed by atoms with van der Waals surface area (Å²) in [7, 11) is -7.61. The molecule has 3 aromatic rings. The SMILES string of the molecule is Cc1ccc(S(=O)(=O)N(CC(=O)Nc2ccc(S(=O)(=O)N3CCCC3)cc2)c2cccc(Br)c2)cc1. The highest BCUT2D eigenvalue weighted by molar-refractivity contribution is 9.10. The average Bonchev–Trinajstić information content (AvgIpc) is 3.39. The van der Waals surface area contributed by atoms with E-state index in [9.17, 15) is 21.6 Å². The van der Waals surface area contributed by atoms with E-state index in [1.807, 2.05) is 6.92 Å². The lowest BCUT2D eigenvalue weighted by Crippen LogP contribution is -2.38. The summed E-state index contributed by atoms with van der Waals surface area (Å²) >= 11 is 3.36. The van der Waals surface area contributed by atoms with Crippen molar-refractivity contribution in [1.29, 1.82) is 0 Å². The van der Waals surface area contributed by atoms with Crippen molar-refractivity contribution in [2.75, 3.05) is 29.3 Å². The Kier molecular flexibility index (Phi) is 7.84. The maximum atomic E-state index is 13.5. The fourth-order valence-electron chi connectivity index (χ4n) is 3.90. The maximum Gasteiger partial charge on any atom is 0.264 e. The molecule has 1 N–H and O–H groups in total. The molecular weight excluding hydrogens is 566 g/mol. The van der Waals surface area contributed by atoms with Crippen LogP contribution in [0.4, 0.5) is 11.4 Å². The Bertz CT molecular complexity index is 1450. The monoisotopic (exact) mass is 591 g/mol. The Morgan fingerprint density at radius 1 is 0.917 bits per heavy atom. The molecule has 1 heterocycles. The van der Waals surface area contributed by atoms with Crippen LogP contribution in [0.3, 0.4) is 0 Å². The highest BCUT2D eigenvalue weighted by Crippen LogP contribution is 2.27. The number of carbonyl (C=O) groups is 1. The number of amides is 1. The number of rotatable bonds is 8. The van der Waals surface area contributed by atoms with E-state index in [0.717, 1.165) is 22.7 Å². The largest absolute Gasteiger partial charge is 0.325 e. The maximum absolute atomic E-state index is 13.5. The lowest BCUT2D eigenvalue weighted by Gasteiger charge is -2.24. The molecule has 4 rings (SSSR count). The zero-order valence-electron chi connectivity index (χ0n) is 19.6. The van der Waals surface area contributed by atoms with E-state index in [-0.39, 0.29) is 9.79 Å². The smallest absolute Gasteiger partial charge is 0.264 e. The van der Waals surface area contributed by atoms with Crippen molar-refractivity contribution in [3.8, 4) is 0 Å². The molecule has 0 atom stereocenters. The predicted octanol–water partition coefficient (Wildman–Crippen LogP) is 4.38. The van der Waals surface area contributed by atoms with Crippen LogP contribution in [0.25, 0.3) is 0 Å². The normalized spacial score (nSPS) is 14.5. The molecule has 1 aliphatic rings. The molecule has 1 saturated heterocycles. The van der Waals surface area contributed by atoms with Crippen LogP contribution in [0.1, 0.15) is 18.4 Å². The van der Waals surface area contributed by atoms with Crippen molar-refractivity contribution in [1.82, 2.24) is 4.31 Å². The topological polar surface area (TPSA) is 104 Å². The number of benzene rings is 3. The van der Waals surface area contributed by atoms with Gasteiger partial charge in [-0.25, -0.2) is 16.8 Å². The molecule has 0 unspecified atom stereocenters. The van der Waals surface area contributed by atoms with Crippen molar-refractivity contribution < 1.29 is 21.6 Å². The van der Waals surface area contributed by atoms with E-state index in [2.05, 4.69) is 21.2 Å². The van der Waals surface area contributed by atoms with Gasteiger partial charge >= 0.3 is 0 Å². The van der Waals surface area contributed by atoms with Gasteiger partial charge < -0.3 is 5.32 Å². The summed E-state index contributed by atoms with van der Waals surface area (Å²) in [6.07, 6.45) is 1.68. The van der Waals surface area contributed by atoms with Gasteiger partial charge in [-0.3, -0.25) is 9.10 Å².